The molecule has 3 rings (SSSR count). The van der Waals surface area contributed by atoms with E-state index in [4.69, 9.17) is 4.74 Å². The first kappa shape index (κ1) is 14.2. The molecule has 0 heterocycles. The Morgan fingerprint density at radius 3 is 2.86 bits per heavy atom. The van der Waals surface area contributed by atoms with Crippen LogP contribution in [0.5, 0.6) is 5.75 Å². The van der Waals surface area contributed by atoms with E-state index in [0.717, 1.165) is 5.75 Å². The molecule has 0 fully saturated rings. The van der Waals surface area contributed by atoms with Crippen LogP contribution < -0.4 is 10.1 Å². The van der Waals surface area contributed by atoms with Crippen LogP contribution in [-0.2, 0) is 6.42 Å². The van der Waals surface area contributed by atoms with E-state index in [1.165, 1.54) is 35.1 Å². The van der Waals surface area contributed by atoms with Gasteiger partial charge in [0.2, 0.25) is 0 Å². The fourth-order valence-corrected chi connectivity index (χ4v) is 3.20. The molecule has 0 bridgehead atoms. The summed E-state index contributed by atoms with van der Waals surface area (Å²) in [5, 5.41) is 3.77. The second kappa shape index (κ2) is 5.90. The summed E-state index contributed by atoms with van der Waals surface area (Å²) in [6, 6.07) is 15.9. The van der Waals surface area contributed by atoms with Crippen molar-refractivity contribution in [2.24, 2.45) is 0 Å². The highest BCUT2D eigenvalue weighted by molar-refractivity contribution is 5.38. The van der Waals surface area contributed by atoms with Crippen LogP contribution in [0.15, 0.2) is 42.5 Å². The summed E-state index contributed by atoms with van der Waals surface area (Å²) < 4.78 is 5.32. The van der Waals surface area contributed by atoms with Gasteiger partial charge < -0.3 is 10.1 Å². The quantitative estimate of drug-likeness (QED) is 0.900. The van der Waals surface area contributed by atoms with Gasteiger partial charge in [-0.3, -0.25) is 0 Å². The van der Waals surface area contributed by atoms with E-state index in [9.17, 15) is 0 Å². The van der Waals surface area contributed by atoms with E-state index >= 15 is 0 Å². The maximum absolute atomic E-state index is 5.32. The summed E-state index contributed by atoms with van der Waals surface area (Å²) in [5.41, 5.74) is 5.59. The summed E-state index contributed by atoms with van der Waals surface area (Å²) in [5.74, 6) is 0.920. The normalized spacial score (nSPS) is 18.3. The first-order chi connectivity index (χ1) is 10.2. The summed E-state index contributed by atoms with van der Waals surface area (Å²) in [7, 11) is 1.72. The van der Waals surface area contributed by atoms with Crippen LogP contribution in [0.25, 0.3) is 0 Å². The molecule has 0 aliphatic heterocycles. The minimum atomic E-state index is 0.316. The number of aryl methyl sites for hydroxylation is 2. The number of benzene rings is 2. The molecule has 0 saturated heterocycles. The number of fused-ring (bicyclic) bond motifs is 1. The Kier molecular flexibility index (Phi) is 3.98. The van der Waals surface area contributed by atoms with E-state index in [-0.39, 0.29) is 0 Å². The van der Waals surface area contributed by atoms with Crippen LogP contribution in [0, 0.1) is 6.92 Å². The Hall–Kier alpha value is -1.80. The number of hydrogen-bond donors (Lipinski definition) is 1. The fraction of sp³-hybridized carbons (Fsp3) is 0.368. The van der Waals surface area contributed by atoms with Gasteiger partial charge in [0.1, 0.15) is 5.75 Å². The third kappa shape index (κ3) is 2.96. The molecule has 1 N–H and O–H groups in total. The Balaban J connectivity index is 1.77. The molecule has 2 aromatic carbocycles. The molecule has 0 spiro atoms. The second-order valence-corrected chi connectivity index (χ2v) is 5.96. The van der Waals surface area contributed by atoms with Gasteiger partial charge in [0.15, 0.2) is 0 Å². The lowest BCUT2D eigenvalue weighted by atomic mass is 10.0. The lowest BCUT2D eigenvalue weighted by molar-refractivity contribution is 0.411. The third-order valence-electron chi connectivity index (χ3n) is 4.42. The second-order valence-electron chi connectivity index (χ2n) is 5.96. The predicted octanol–water partition coefficient (Wildman–Crippen LogP) is 4.34. The van der Waals surface area contributed by atoms with Gasteiger partial charge in [-0.05, 0) is 55.5 Å². The summed E-state index contributed by atoms with van der Waals surface area (Å²) in [6.45, 7) is 4.39. The van der Waals surface area contributed by atoms with Gasteiger partial charge in [0, 0.05) is 12.1 Å². The third-order valence-corrected chi connectivity index (χ3v) is 4.42. The van der Waals surface area contributed by atoms with Crippen LogP contribution >= 0.6 is 0 Å². The Bertz CT molecular complexity index is 635. The topological polar surface area (TPSA) is 21.3 Å². The Morgan fingerprint density at radius 1 is 1.19 bits per heavy atom. The molecule has 0 aromatic heterocycles. The summed E-state index contributed by atoms with van der Waals surface area (Å²) in [4.78, 5) is 0. The highest BCUT2D eigenvalue weighted by Gasteiger charge is 2.23. The average molecular weight is 281 g/mol. The molecule has 110 valence electrons. The monoisotopic (exact) mass is 281 g/mol. The molecule has 1 aliphatic carbocycles. The minimum Gasteiger partial charge on any atom is -0.497 e. The van der Waals surface area contributed by atoms with E-state index in [1.807, 2.05) is 6.07 Å². The van der Waals surface area contributed by atoms with Crippen molar-refractivity contribution in [2.45, 2.75) is 38.8 Å². The molecular formula is C19H23NO. The van der Waals surface area contributed by atoms with Gasteiger partial charge >= 0.3 is 0 Å². The molecule has 2 aromatic rings. The summed E-state index contributed by atoms with van der Waals surface area (Å²) in [6.07, 6.45) is 2.37. The summed E-state index contributed by atoms with van der Waals surface area (Å²) >= 11 is 0. The van der Waals surface area contributed by atoms with Crippen molar-refractivity contribution in [3.63, 3.8) is 0 Å². The minimum absolute atomic E-state index is 0.316. The molecule has 2 atom stereocenters. The molecule has 0 radical (unpaired) electrons. The van der Waals surface area contributed by atoms with Crippen molar-refractivity contribution in [2.75, 3.05) is 7.11 Å². The largest absolute Gasteiger partial charge is 0.497 e. The molecule has 1 aliphatic rings. The lowest BCUT2D eigenvalue weighted by Gasteiger charge is -2.21. The van der Waals surface area contributed by atoms with Crippen LogP contribution in [0.2, 0.25) is 0 Å². The van der Waals surface area contributed by atoms with Crippen molar-refractivity contribution < 1.29 is 4.74 Å². The molecule has 2 unspecified atom stereocenters. The van der Waals surface area contributed by atoms with E-state index < -0.39 is 0 Å². The number of hydrogen-bond acceptors (Lipinski definition) is 2. The van der Waals surface area contributed by atoms with Crippen molar-refractivity contribution in [1.82, 2.24) is 5.32 Å². The standard InChI is InChI=1S/C19H23NO/c1-13-7-8-15-9-10-19(18(15)11-13)20-14(2)16-5-4-6-17(12-16)21-3/h4-8,11-12,14,19-20H,9-10H2,1-3H3. The zero-order valence-electron chi connectivity index (χ0n) is 13.0. The van der Waals surface area contributed by atoms with Gasteiger partial charge in [-0.2, -0.15) is 0 Å². The van der Waals surface area contributed by atoms with Crippen LogP contribution in [0.1, 0.15) is 47.7 Å². The van der Waals surface area contributed by atoms with Crippen LogP contribution in [0.4, 0.5) is 0 Å². The first-order valence-corrected chi connectivity index (χ1v) is 7.67. The zero-order valence-corrected chi connectivity index (χ0v) is 13.0. The molecule has 21 heavy (non-hydrogen) atoms. The number of methoxy groups -OCH3 is 1. The maximum atomic E-state index is 5.32. The number of rotatable bonds is 4. The highest BCUT2D eigenvalue weighted by Crippen LogP contribution is 2.34. The molecule has 2 heteroatoms. The highest BCUT2D eigenvalue weighted by atomic mass is 16.5. The maximum Gasteiger partial charge on any atom is 0.119 e. The molecule has 0 amide bonds. The predicted molar refractivity (Wildman–Crippen MR) is 86.8 cm³/mol. The van der Waals surface area contributed by atoms with Gasteiger partial charge in [-0.25, -0.2) is 0 Å². The SMILES string of the molecule is COc1cccc(C(C)NC2CCc3ccc(C)cc32)c1. The smallest absolute Gasteiger partial charge is 0.119 e. The van der Waals surface area contributed by atoms with Crippen molar-refractivity contribution >= 4 is 0 Å². The first-order valence-electron chi connectivity index (χ1n) is 7.67. The number of ether oxygens (including phenoxy) is 1. The van der Waals surface area contributed by atoms with Gasteiger partial charge in [-0.1, -0.05) is 35.9 Å². The molecular weight excluding hydrogens is 258 g/mol. The lowest BCUT2D eigenvalue weighted by Crippen LogP contribution is -2.23. The Labute approximate surface area is 127 Å². The van der Waals surface area contributed by atoms with Gasteiger partial charge in [0.25, 0.3) is 0 Å². The zero-order chi connectivity index (χ0) is 14.8. The van der Waals surface area contributed by atoms with E-state index in [0.29, 0.717) is 12.1 Å². The van der Waals surface area contributed by atoms with Crippen LogP contribution in [0.3, 0.4) is 0 Å². The fourth-order valence-electron chi connectivity index (χ4n) is 3.20. The van der Waals surface area contributed by atoms with Gasteiger partial charge in [-0.15, -0.1) is 0 Å². The average Bonchev–Trinajstić information content (AvgIpc) is 2.89. The van der Waals surface area contributed by atoms with Gasteiger partial charge in [0.05, 0.1) is 7.11 Å². The Morgan fingerprint density at radius 2 is 2.05 bits per heavy atom. The molecule has 0 saturated carbocycles. The van der Waals surface area contributed by atoms with Crippen molar-refractivity contribution in [3.05, 3.63) is 64.7 Å². The van der Waals surface area contributed by atoms with Crippen molar-refractivity contribution in [1.29, 1.82) is 0 Å². The van der Waals surface area contributed by atoms with Crippen molar-refractivity contribution in [3.8, 4) is 5.75 Å². The van der Waals surface area contributed by atoms with E-state index in [1.54, 1.807) is 7.11 Å². The molecule has 2 nitrogen and oxygen atoms in total. The number of nitrogens with one attached hydrogen (secondary N) is 1. The van der Waals surface area contributed by atoms with Crippen LogP contribution in [-0.4, -0.2) is 7.11 Å². The van der Waals surface area contributed by atoms with E-state index in [2.05, 4.69) is 55.6 Å².